The number of hydrogen-bond acceptors (Lipinski definition) is 7. The van der Waals surface area contributed by atoms with E-state index in [9.17, 15) is 5.11 Å². The van der Waals surface area contributed by atoms with Crippen molar-refractivity contribution < 1.29 is 9.84 Å². The van der Waals surface area contributed by atoms with Gasteiger partial charge >= 0.3 is 0 Å². The summed E-state index contributed by atoms with van der Waals surface area (Å²) >= 11 is 0. The fourth-order valence-electron chi connectivity index (χ4n) is 3.38. The molecule has 1 aliphatic rings. The lowest BCUT2D eigenvalue weighted by molar-refractivity contribution is 0.126. The van der Waals surface area contributed by atoms with Crippen molar-refractivity contribution in [2.45, 2.75) is 37.8 Å². The van der Waals surface area contributed by atoms with E-state index in [1.165, 1.54) is 0 Å². The Morgan fingerprint density at radius 1 is 1.26 bits per heavy atom. The maximum Gasteiger partial charge on any atom is 0.224 e. The highest BCUT2D eigenvalue weighted by Crippen LogP contribution is 2.27. The van der Waals surface area contributed by atoms with Crippen molar-refractivity contribution in [3.05, 3.63) is 36.7 Å². The molecule has 27 heavy (non-hydrogen) atoms. The third kappa shape index (κ3) is 3.68. The van der Waals surface area contributed by atoms with Crippen molar-refractivity contribution in [1.29, 1.82) is 5.26 Å². The number of rotatable bonds is 5. The van der Waals surface area contributed by atoms with Crippen molar-refractivity contribution in [2.75, 3.05) is 11.9 Å². The third-order valence-electron chi connectivity index (χ3n) is 4.75. The fraction of sp³-hybridized carbons (Fsp3) is 0.368. The van der Waals surface area contributed by atoms with Gasteiger partial charge in [-0.25, -0.2) is 9.67 Å². The Balaban J connectivity index is 1.59. The quantitative estimate of drug-likeness (QED) is 0.715. The van der Waals surface area contributed by atoms with Gasteiger partial charge in [0, 0.05) is 18.3 Å². The molecular formula is C19H20N6O2. The molecular weight excluding hydrogens is 344 g/mol. The smallest absolute Gasteiger partial charge is 0.224 e. The molecule has 0 bridgehead atoms. The molecule has 0 aliphatic heterocycles. The van der Waals surface area contributed by atoms with Crippen LogP contribution >= 0.6 is 0 Å². The Morgan fingerprint density at radius 2 is 2.11 bits per heavy atom. The molecule has 2 heterocycles. The molecule has 3 aromatic rings. The van der Waals surface area contributed by atoms with Gasteiger partial charge in [-0.2, -0.15) is 15.3 Å². The average Bonchev–Trinajstić information content (AvgIpc) is 3.13. The normalized spacial score (nSPS) is 19.6. The first-order valence-electron chi connectivity index (χ1n) is 8.99. The molecule has 1 aliphatic carbocycles. The molecule has 2 N–H and O–H groups in total. The topological polar surface area (TPSA) is 109 Å². The zero-order chi connectivity index (χ0) is 18.6. The van der Waals surface area contributed by atoms with Crippen LogP contribution in [0.4, 0.5) is 5.95 Å². The van der Waals surface area contributed by atoms with E-state index in [1.807, 2.05) is 24.3 Å². The maximum absolute atomic E-state index is 9.64. The molecule has 8 nitrogen and oxygen atoms in total. The van der Waals surface area contributed by atoms with Gasteiger partial charge in [-0.15, -0.1) is 0 Å². The standard InChI is InChI=1S/C19H20N6O2/c20-9-11-27-17-3-1-2-16-15(17)12-22-25(16)18-8-10-21-19(24-18)23-13-4-6-14(26)7-5-13/h1-3,8,10,12-14,26H,4-7,11H2,(H,21,23,24). The molecule has 1 fully saturated rings. The van der Waals surface area contributed by atoms with Gasteiger partial charge in [0.15, 0.2) is 12.4 Å². The first kappa shape index (κ1) is 17.2. The molecule has 1 aromatic carbocycles. The van der Waals surface area contributed by atoms with Crippen LogP contribution in [0.2, 0.25) is 0 Å². The number of ether oxygens (including phenoxy) is 1. The van der Waals surface area contributed by atoms with Gasteiger partial charge in [0.25, 0.3) is 0 Å². The predicted octanol–water partition coefficient (Wildman–Crippen LogP) is 2.43. The van der Waals surface area contributed by atoms with Crippen LogP contribution in [0.5, 0.6) is 5.75 Å². The lowest BCUT2D eigenvalue weighted by atomic mass is 9.93. The minimum Gasteiger partial charge on any atom is -0.478 e. The van der Waals surface area contributed by atoms with Crippen LogP contribution in [0, 0.1) is 11.3 Å². The van der Waals surface area contributed by atoms with Crippen LogP contribution in [0.1, 0.15) is 25.7 Å². The van der Waals surface area contributed by atoms with Crippen molar-refractivity contribution >= 4 is 16.9 Å². The molecule has 0 amide bonds. The van der Waals surface area contributed by atoms with Gasteiger partial charge in [0.2, 0.25) is 5.95 Å². The summed E-state index contributed by atoms with van der Waals surface area (Å²) < 4.78 is 7.20. The molecule has 0 radical (unpaired) electrons. The maximum atomic E-state index is 9.64. The van der Waals surface area contributed by atoms with Gasteiger partial charge in [0.05, 0.1) is 23.2 Å². The minimum atomic E-state index is -0.191. The number of anilines is 1. The van der Waals surface area contributed by atoms with E-state index in [0.717, 1.165) is 36.6 Å². The highest BCUT2D eigenvalue weighted by Gasteiger charge is 2.20. The van der Waals surface area contributed by atoms with Crippen LogP contribution in [0.15, 0.2) is 36.7 Å². The zero-order valence-electron chi connectivity index (χ0n) is 14.7. The Hall–Kier alpha value is -3.18. The molecule has 1 saturated carbocycles. The molecule has 0 spiro atoms. The monoisotopic (exact) mass is 364 g/mol. The van der Waals surface area contributed by atoms with E-state index < -0.39 is 0 Å². The lowest BCUT2D eigenvalue weighted by Crippen LogP contribution is -2.29. The summed E-state index contributed by atoms with van der Waals surface area (Å²) in [5.41, 5.74) is 0.843. The first-order valence-corrected chi connectivity index (χ1v) is 8.99. The van der Waals surface area contributed by atoms with Gasteiger partial charge in [-0.1, -0.05) is 6.07 Å². The molecule has 0 atom stereocenters. The van der Waals surface area contributed by atoms with Gasteiger partial charge in [-0.3, -0.25) is 0 Å². The average molecular weight is 364 g/mol. The second-order valence-corrected chi connectivity index (χ2v) is 6.58. The highest BCUT2D eigenvalue weighted by molar-refractivity contribution is 5.86. The Bertz CT molecular complexity index is 972. The van der Waals surface area contributed by atoms with Crippen molar-refractivity contribution in [2.24, 2.45) is 0 Å². The van der Waals surface area contributed by atoms with Gasteiger partial charge in [0.1, 0.15) is 11.8 Å². The van der Waals surface area contributed by atoms with Gasteiger partial charge in [-0.05, 0) is 37.8 Å². The van der Waals surface area contributed by atoms with Crippen LogP contribution in [-0.2, 0) is 0 Å². The van der Waals surface area contributed by atoms with Crippen molar-refractivity contribution in [3.8, 4) is 17.6 Å². The highest BCUT2D eigenvalue weighted by atomic mass is 16.5. The number of hydrogen-bond donors (Lipinski definition) is 2. The largest absolute Gasteiger partial charge is 0.478 e. The van der Waals surface area contributed by atoms with Crippen LogP contribution in [0.3, 0.4) is 0 Å². The van der Waals surface area contributed by atoms with E-state index >= 15 is 0 Å². The summed E-state index contributed by atoms with van der Waals surface area (Å²) in [6, 6.07) is 9.65. The Labute approximate surface area is 156 Å². The van der Waals surface area contributed by atoms with Crippen LogP contribution in [0.25, 0.3) is 16.7 Å². The lowest BCUT2D eigenvalue weighted by Gasteiger charge is -2.26. The number of aliphatic hydroxyl groups is 1. The number of fused-ring (bicyclic) bond motifs is 1. The van der Waals surface area contributed by atoms with Gasteiger partial charge < -0.3 is 15.2 Å². The van der Waals surface area contributed by atoms with E-state index in [1.54, 1.807) is 23.1 Å². The Morgan fingerprint density at radius 3 is 2.93 bits per heavy atom. The van der Waals surface area contributed by atoms with E-state index in [-0.39, 0.29) is 18.8 Å². The fourth-order valence-corrected chi connectivity index (χ4v) is 3.38. The molecule has 0 saturated heterocycles. The minimum absolute atomic E-state index is 0.0120. The second-order valence-electron chi connectivity index (χ2n) is 6.58. The van der Waals surface area contributed by atoms with Crippen molar-refractivity contribution in [3.63, 3.8) is 0 Å². The molecule has 0 unspecified atom stereocenters. The SMILES string of the molecule is N#CCOc1cccc2c1cnn2-c1ccnc(NC2CCC(O)CC2)n1. The van der Waals surface area contributed by atoms with Crippen molar-refractivity contribution in [1.82, 2.24) is 19.7 Å². The summed E-state index contributed by atoms with van der Waals surface area (Å²) in [5.74, 6) is 1.82. The first-order chi connectivity index (χ1) is 13.2. The van der Waals surface area contributed by atoms with E-state index in [4.69, 9.17) is 10.00 Å². The van der Waals surface area contributed by atoms with Crippen LogP contribution in [-0.4, -0.2) is 43.6 Å². The molecule has 8 heteroatoms. The number of aromatic nitrogens is 4. The number of aliphatic hydroxyl groups excluding tert-OH is 1. The summed E-state index contributed by atoms with van der Waals surface area (Å²) in [6.07, 6.45) is 6.62. The summed E-state index contributed by atoms with van der Waals surface area (Å²) in [5, 5.41) is 27.0. The molecule has 4 rings (SSSR count). The number of nitrogens with one attached hydrogen (secondary N) is 1. The molecule has 2 aromatic heterocycles. The number of benzene rings is 1. The summed E-state index contributed by atoms with van der Waals surface area (Å²) in [6.45, 7) is -0.0120. The van der Waals surface area contributed by atoms with E-state index in [0.29, 0.717) is 17.5 Å². The van der Waals surface area contributed by atoms with E-state index in [2.05, 4.69) is 20.4 Å². The number of nitrogens with zero attached hydrogens (tertiary/aromatic N) is 5. The zero-order valence-corrected chi connectivity index (χ0v) is 14.7. The van der Waals surface area contributed by atoms with Crippen LogP contribution < -0.4 is 10.1 Å². The molecule has 138 valence electrons. The predicted molar refractivity (Wildman–Crippen MR) is 99.7 cm³/mol. The Kier molecular flexibility index (Phi) is 4.85. The summed E-state index contributed by atoms with van der Waals surface area (Å²) in [4.78, 5) is 8.91. The number of nitriles is 1. The second kappa shape index (κ2) is 7.60. The third-order valence-corrected chi connectivity index (χ3v) is 4.75. The summed E-state index contributed by atoms with van der Waals surface area (Å²) in [7, 11) is 0.